The minimum absolute atomic E-state index is 0.0576. The van der Waals surface area contributed by atoms with Crippen LogP contribution in [0.3, 0.4) is 0 Å². The largest absolute Gasteiger partial charge is 0.491 e. The number of fused-ring (bicyclic) bond motifs is 2. The van der Waals surface area contributed by atoms with Crippen molar-refractivity contribution in [2.24, 2.45) is 0 Å². The molecule has 0 spiro atoms. The van der Waals surface area contributed by atoms with Gasteiger partial charge in [-0.2, -0.15) is 0 Å². The Morgan fingerprint density at radius 2 is 2.10 bits per heavy atom. The number of carbonyl (C=O) groups is 2. The molecule has 0 aliphatic carbocycles. The summed E-state index contributed by atoms with van der Waals surface area (Å²) < 4.78 is 39.3. The van der Waals surface area contributed by atoms with Crippen molar-refractivity contribution >= 4 is 11.8 Å². The van der Waals surface area contributed by atoms with Crippen molar-refractivity contribution in [2.75, 3.05) is 13.7 Å². The summed E-state index contributed by atoms with van der Waals surface area (Å²) in [4.78, 5) is 40.2. The van der Waals surface area contributed by atoms with Gasteiger partial charge in [0.05, 0.1) is 20.3 Å². The number of methoxy groups -OCH3 is 1. The lowest BCUT2D eigenvalue weighted by atomic mass is 10.1. The van der Waals surface area contributed by atoms with E-state index in [-0.39, 0.29) is 41.7 Å². The average Bonchev–Trinajstić information content (AvgIpc) is 2.73. The minimum atomic E-state index is -0.811. The van der Waals surface area contributed by atoms with Crippen LogP contribution >= 0.6 is 0 Å². The molecule has 2 atom stereocenters. The Balaban J connectivity index is 1.66. The highest BCUT2D eigenvalue weighted by Crippen LogP contribution is 2.29. The molecule has 1 aromatic heterocycles. The number of amides is 2. The molecule has 0 bridgehead atoms. The van der Waals surface area contributed by atoms with Crippen LogP contribution < -0.4 is 15.5 Å². The molecule has 4 rings (SSSR count). The van der Waals surface area contributed by atoms with Gasteiger partial charge in [-0.05, 0) is 19.4 Å². The maximum absolute atomic E-state index is 13.8. The van der Waals surface area contributed by atoms with Crippen LogP contribution in [0.1, 0.15) is 39.8 Å². The van der Waals surface area contributed by atoms with E-state index in [2.05, 4.69) is 5.32 Å². The Morgan fingerprint density at radius 3 is 2.81 bits per heavy atom. The van der Waals surface area contributed by atoms with Crippen molar-refractivity contribution < 1.29 is 27.8 Å². The number of nitrogens with zero attached hydrogens (tertiary/aromatic N) is 2. The molecule has 2 aliphatic rings. The first-order chi connectivity index (χ1) is 14.8. The smallest absolute Gasteiger partial charge is 0.276 e. The number of aromatic nitrogens is 1. The summed E-state index contributed by atoms with van der Waals surface area (Å²) in [7, 11) is 1.25. The van der Waals surface area contributed by atoms with Crippen LogP contribution in [0.5, 0.6) is 5.75 Å². The topological polar surface area (TPSA) is 89.9 Å². The molecule has 1 aromatic carbocycles. The minimum Gasteiger partial charge on any atom is -0.491 e. The molecule has 1 saturated heterocycles. The summed E-state index contributed by atoms with van der Waals surface area (Å²) in [6, 6.07) is 2.93. The van der Waals surface area contributed by atoms with Crippen LogP contribution in [0.2, 0.25) is 0 Å². The van der Waals surface area contributed by atoms with Gasteiger partial charge in [0, 0.05) is 30.4 Å². The van der Waals surface area contributed by atoms with Crippen molar-refractivity contribution in [2.45, 2.75) is 38.7 Å². The standard InChI is InChI=1S/C21H21F2N3O5/c1-11-5-6-31-16-10-25-9-14(18(27)19(30-2)17(25)21(29)26(11)16)20(28)24-8-12-3-4-13(22)7-15(12)23/h3-4,7,9,11,16H,5-6,8,10H2,1-2H3,(H,24,28). The van der Waals surface area contributed by atoms with E-state index < -0.39 is 35.1 Å². The van der Waals surface area contributed by atoms with Crippen molar-refractivity contribution in [3.05, 3.63) is 63.1 Å². The zero-order valence-electron chi connectivity index (χ0n) is 17.0. The fourth-order valence-electron chi connectivity index (χ4n) is 3.93. The van der Waals surface area contributed by atoms with Gasteiger partial charge in [-0.25, -0.2) is 8.78 Å². The number of carbonyl (C=O) groups excluding carboxylic acids is 2. The van der Waals surface area contributed by atoms with E-state index in [9.17, 15) is 23.2 Å². The van der Waals surface area contributed by atoms with Crippen LogP contribution in [0.4, 0.5) is 8.78 Å². The number of nitrogens with one attached hydrogen (secondary N) is 1. The first-order valence-corrected chi connectivity index (χ1v) is 9.79. The van der Waals surface area contributed by atoms with Crippen LogP contribution in [0.25, 0.3) is 0 Å². The molecule has 1 fully saturated rings. The predicted molar refractivity (Wildman–Crippen MR) is 105 cm³/mol. The average molecular weight is 433 g/mol. The lowest BCUT2D eigenvalue weighted by Crippen LogP contribution is -2.57. The molecule has 1 N–H and O–H groups in total. The van der Waals surface area contributed by atoms with Gasteiger partial charge in [0.2, 0.25) is 5.43 Å². The molecule has 8 nitrogen and oxygen atoms in total. The van der Waals surface area contributed by atoms with Gasteiger partial charge in [-0.3, -0.25) is 14.4 Å². The van der Waals surface area contributed by atoms with Crippen LogP contribution in [-0.2, 0) is 17.8 Å². The molecule has 10 heteroatoms. The second kappa shape index (κ2) is 8.10. The lowest BCUT2D eigenvalue weighted by molar-refractivity contribution is -0.112. The second-order valence-electron chi connectivity index (χ2n) is 7.50. The highest BCUT2D eigenvalue weighted by atomic mass is 19.1. The third-order valence-corrected chi connectivity index (χ3v) is 5.56. The van der Waals surface area contributed by atoms with Gasteiger partial charge >= 0.3 is 0 Å². The Hall–Kier alpha value is -3.27. The van der Waals surface area contributed by atoms with Crippen molar-refractivity contribution in [3.8, 4) is 5.75 Å². The SMILES string of the molecule is COc1c2n(cc(C(=O)NCc3ccc(F)cc3F)c1=O)CC1OCCC(C)N1C2=O. The monoisotopic (exact) mass is 433 g/mol. The summed E-state index contributed by atoms with van der Waals surface area (Å²) in [6.45, 7) is 2.39. The molecule has 0 saturated carbocycles. The van der Waals surface area contributed by atoms with Crippen LogP contribution in [0.15, 0.2) is 29.2 Å². The van der Waals surface area contributed by atoms with E-state index in [4.69, 9.17) is 9.47 Å². The van der Waals surface area contributed by atoms with Crippen molar-refractivity contribution in [1.29, 1.82) is 0 Å². The fourth-order valence-corrected chi connectivity index (χ4v) is 3.93. The maximum Gasteiger partial charge on any atom is 0.276 e. The number of pyridine rings is 1. The van der Waals surface area contributed by atoms with Crippen LogP contribution in [0, 0.1) is 11.6 Å². The van der Waals surface area contributed by atoms with Gasteiger partial charge in [0.15, 0.2) is 17.7 Å². The molecule has 0 radical (unpaired) electrons. The summed E-state index contributed by atoms with van der Waals surface area (Å²) in [5, 5.41) is 2.45. The van der Waals surface area contributed by atoms with Crippen LogP contribution in [-0.4, -0.2) is 47.3 Å². The third-order valence-electron chi connectivity index (χ3n) is 5.56. The fraction of sp³-hybridized carbons (Fsp3) is 0.381. The number of halogens is 2. The molecule has 2 unspecified atom stereocenters. The Kier molecular flexibility index (Phi) is 5.48. The molecule has 2 amide bonds. The highest BCUT2D eigenvalue weighted by Gasteiger charge is 2.41. The number of hydrogen-bond acceptors (Lipinski definition) is 5. The number of ether oxygens (including phenoxy) is 2. The number of rotatable bonds is 4. The lowest BCUT2D eigenvalue weighted by Gasteiger charge is -2.44. The first-order valence-electron chi connectivity index (χ1n) is 9.79. The molecule has 31 heavy (non-hydrogen) atoms. The second-order valence-corrected chi connectivity index (χ2v) is 7.50. The summed E-state index contributed by atoms with van der Waals surface area (Å²) in [6.07, 6.45) is 1.45. The number of benzene rings is 1. The Bertz CT molecular complexity index is 1120. The van der Waals surface area contributed by atoms with Gasteiger partial charge in [0.25, 0.3) is 11.8 Å². The van der Waals surface area contributed by atoms with E-state index in [0.29, 0.717) is 19.1 Å². The molecular formula is C21H21F2N3O5. The van der Waals surface area contributed by atoms with Gasteiger partial charge < -0.3 is 24.3 Å². The number of hydrogen-bond donors (Lipinski definition) is 1. The van der Waals surface area contributed by atoms with Crippen molar-refractivity contribution in [1.82, 2.24) is 14.8 Å². The van der Waals surface area contributed by atoms with Gasteiger partial charge in [-0.15, -0.1) is 0 Å². The summed E-state index contributed by atoms with van der Waals surface area (Å²) >= 11 is 0. The van der Waals surface area contributed by atoms with E-state index in [1.165, 1.54) is 23.9 Å². The summed E-state index contributed by atoms with van der Waals surface area (Å²) in [5.74, 6) is -2.95. The predicted octanol–water partition coefficient (Wildman–Crippen LogP) is 1.66. The quantitative estimate of drug-likeness (QED) is 0.792. The van der Waals surface area contributed by atoms with Gasteiger partial charge in [0.1, 0.15) is 17.2 Å². The third kappa shape index (κ3) is 3.67. The highest BCUT2D eigenvalue weighted by molar-refractivity contribution is 5.99. The molecule has 2 aromatic rings. The Morgan fingerprint density at radius 1 is 1.32 bits per heavy atom. The van der Waals surface area contributed by atoms with Gasteiger partial charge in [-0.1, -0.05) is 6.07 Å². The first kappa shape index (κ1) is 21.0. The molecule has 3 heterocycles. The van der Waals surface area contributed by atoms with Crippen molar-refractivity contribution in [3.63, 3.8) is 0 Å². The zero-order valence-corrected chi connectivity index (χ0v) is 17.0. The van der Waals surface area contributed by atoms with E-state index in [0.717, 1.165) is 6.07 Å². The van der Waals surface area contributed by atoms with E-state index >= 15 is 0 Å². The Labute approximate surface area is 176 Å². The van der Waals surface area contributed by atoms with E-state index in [1.54, 1.807) is 4.90 Å². The maximum atomic E-state index is 13.8. The summed E-state index contributed by atoms with van der Waals surface area (Å²) in [5.41, 5.74) is -0.881. The zero-order chi connectivity index (χ0) is 22.3. The molecule has 2 aliphatic heterocycles. The normalized spacial score (nSPS) is 20.1. The molecule has 164 valence electrons. The molecular weight excluding hydrogens is 412 g/mol. The van der Waals surface area contributed by atoms with E-state index in [1.807, 2.05) is 6.92 Å².